The Morgan fingerprint density at radius 3 is 2.37 bits per heavy atom. The second-order valence-corrected chi connectivity index (χ2v) is 17.9. The van der Waals surface area contributed by atoms with Gasteiger partial charge in [0.15, 0.2) is 5.75 Å². The normalized spacial score (nSPS) is 14.3. The van der Waals surface area contributed by atoms with E-state index >= 15 is 0 Å². The predicted molar refractivity (Wildman–Crippen MR) is 235 cm³/mol. The van der Waals surface area contributed by atoms with E-state index in [9.17, 15) is 18.0 Å². The highest BCUT2D eigenvalue weighted by molar-refractivity contribution is 7.92. The number of hydrogen-bond acceptors (Lipinski definition) is 11. The van der Waals surface area contributed by atoms with Gasteiger partial charge in [0.05, 0.1) is 50.8 Å². The fraction of sp³-hybridized carbons (Fsp3) is 0.341. The number of nitrogens with one attached hydrogen (secondary N) is 3. The average Bonchev–Trinajstić information content (AvgIpc) is 3.18. The number of anilines is 5. The molecule has 318 valence electrons. The van der Waals surface area contributed by atoms with Gasteiger partial charge in [-0.15, -0.1) is 0 Å². The van der Waals surface area contributed by atoms with Crippen molar-refractivity contribution in [3.63, 3.8) is 0 Å². The number of nitrogens with zero attached hydrogens (tertiary/aromatic N) is 3. The number of amides is 3. The van der Waals surface area contributed by atoms with Crippen LogP contribution in [0.25, 0.3) is 10.8 Å². The van der Waals surface area contributed by atoms with Crippen LogP contribution in [0.1, 0.15) is 50.5 Å². The molecule has 1 fully saturated rings. The number of pyridine rings is 1. The molecule has 0 radical (unpaired) electrons. The highest BCUT2D eigenvalue weighted by Gasteiger charge is 2.31. The third kappa shape index (κ3) is 10.2. The van der Waals surface area contributed by atoms with Crippen molar-refractivity contribution in [1.82, 2.24) is 15.2 Å². The molecule has 1 aromatic heterocycles. The Balaban J connectivity index is 1.27. The van der Waals surface area contributed by atoms with Gasteiger partial charge >= 0.3 is 6.03 Å². The maximum absolute atomic E-state index is 13.4. The summed E-state index contributed by atoms with van der Waals surface area (Å²) in [5.41, 5.74) is 8.13. The average molecular weight is 840 g/mol. The van der Waals surface area contributed by atoms with Crippen molar-refractivity contribution in [3.05, 3.63) is 96.2 Å². The van der Waals surface area contributed by atoms with Gasteiger partial charge in [0, 0.05) is 65.5 Å². The molecule has 6 rings (SSSR count). The van der Waals surface area contributed by atoms with Crippen molar-refractivity contribution >= 4 is 61.3 Å². The summed E-state index contributed by atoms with van der Waals surface area (Å²) in [6.45, 7) is 13.5. The van der Waals surface area contributed by atoms with Crippen LogP contribution < -0.4 is 40.2 Å². The molecule has 0 aliphatic carbocycles. The Kier molecular flexibility index (Phi) is 12.8. The molecule has 16 heteroatoms. The van der Waals surface area contributed by atoms with Crippen LogP contribution in [0, 0.1) is 0 Å². The van der Waals surface area contributed by atoms with E-state index in [0.29, 0.717) is 77.1 Å². The van der Waals surface area contributed by atoms with Crippen LogP contribution in [0.5, 0.6) is 23.0 Å². The molecule has 4 aromatic carbocycles. The highest BCUT2D eigenvalue weighted by atomic mass is 32.2. The summed E-state index contributed by atoms with van der Waals surface area (Å²) in [6, 6.07) is 22.1. The minimum Gasteiger partial charge on any atom is -0.497 e. The van der Waals surface area contributed by atoms with E-state index in [1.807, 2.05) is 45.0 Å². The van der Waals surface area contributed by atoms with Gasteiger partial charge in [-0.05, 0) is 67.3 Å². The summed E-state index contributed by atoms with van der Waals surface area (Å²) in [5, 5.41) is 7.58. The van der Waals surface area contributed by atoms with Crippen molar-refractivity contribution in [2.24, 2.45) is 5.73 Å². The fourth-order valence-electron chi connectivity index (χ4n) is 7.06. The van der Waals surface area contributed by atoms with E-state index in [1.54, 1.807) is 67.9 Å². The van der Waals surface area contributed by atoms with Gasteiger partial charge in [0.2, 0.25) is 10.0 Å². The lowest BCUT2D eigenvalue weighted by Crippen LogP contribution is -2.54. The number of hydrogen-bond donors (Lipinski definition) is 4. The second kappa shape index (κ2) is 17.6. The van der Waals surface area contributed by atoms with Gasteiger partial charge in [-0.25, -0.2) is 18.2 Å². The molecule has 0 unspecified atom stereocenters. The Morgan fingerprint density at radius 1 is 0.950 bits per heavy atom. The number of sulfonamides is 1. The molecule has 0 bridgehead atoms. The number of methoxy groups -OCH3 is 2. The predicted octanol–water partition coefficient (Wildman–Crippen LogP) is 7.51. The summed E-state index contributed by atoms with van der Waals surface area (Å²) in [7, 11) is -0.787. The maximum Gasteiger partial charge on any atom is 0.324 e. The molecule has 0 saturated carbocycles. The van der Waals surface area contributed by atoms with Crippen molar-refractivity contribution in [3.8, 4) is 23.0 Å². The van der Waals surface area contributed by atoms with Gasteiger partial charge in [-0.2, -0.15) is 0 Å². The number of morpholine rings is 1. The number of nitrogens with two attached hydrogens (primary N) is 1. The quantitative estimate of drug-likeness (QED) is 0.0867. The lowest BCUT2D eigenvalue weighted by molar-refractivity contribution is -0.0498. The zero-order chi connectivity index (χ0) is 43.4. The molecule has 5 N–H and O–H groups in total. The van der Waals surface area contributed by atoms with E-state index < -0.39 is 21.5 Å². The van der Waals surface area contributed by atoms with Crippen LogP contribution in [-0.2, 0) is 20.2 Å². The molecule has 2 heterocycles. The summed E-state index contributed by atoms with van der Waals surface area (Å²) in [5.74, 6) is 1.77. The van der Waals surface area contributed by atoms with Crippen LogP contribution >= 0.6 is 0 Å². The Morgan fingerprint density at radius 2 is 1.70 bits per heavy atom. The summed E-state index contributed by atoms with van der Waals surface area (Å²) in [6.07, 6.45) is 2.64. The first-order valence-electron chi connectivity index (χ1n) is 19.4. The minimum absolute atomic E-state index is 0.106. The van der Waals surface area contributed by atoms with E-state index in [0.717, 1.165) is 18.4 Å². The van der Waals surface area contributed by atoms with Crippen molar-refractivity contribution in [2.75, 3.05) is 68.3 Å². The zero-order valence-corrected chi connectivity index (χ0v) is 36.0. The highest BCUT2D eigenvalue weighted by Crippen LogP contribution is 2.46. The van der Waals surface area contributed by atoms with E-state index in [2.05, 4.69) is 39.1 Å². The number of urea groups is 1. The number of carbonyl (C=O) groups is 2. The number of primary amides is 1. The number of carbonyl (C=O) groups excluding carboxylic acids is 2. The van der Waals surface area contributed by atoms with Gasteiger partial charge in [-0.3, -0.25) is 19.3 Å². The van der Waals surface area contributed by atoms with Gasteiger partial charge in [0.1, 0.15) is 23.1 Å². The second-order valence-electron chi connectivity index (χ2n) is 16.2. The summed E-state index contributed by atoms with van der Waals surface area (Å²) in [4.78, 5) is 34.8. The first-order valence-corrected chi connectivity index (χ1v) is 21.3. The van der Waals surface area contributed by atoms with Gasteiger partial charge in [-0.1, -0.05) is 45.0 Å². The number of benzene rings is 4. The van der Waals surface area contributed by atoms with Crippen molar-refractivity contribution < 1.29 is 37.0 Å². The largest absolute Gasteiger partial charge is 0.497 e. The number of aromatic nitrogens is 1. The van der Waals surface area contributed by atoms with Crippen LogP contribution in [0.3, 0.4) is 0 Å². The molecular weight excluding hydrogens is 787 g/mol. The smallest absolute Gasteiger partial charge is 0.324 e. The first kappa shape index (κ1) is 43.5. The standard InChI is InChI=1S/C44H53N7O8S/c1-43(2,3)29-23-35(49-60(8,54)55)40(57-7)37(24-29)51(42(45)53)36-13-14-38(34-12-10-9-11-33(34)36)59-31-15-16-46-39(26-31)48-30-21-28(22-32(25-30)56-6)41(52)47-17-18-50-19-20-58-27-44(50,4)5/h9-16,21-26,49H,17-20,27H2,1-8H3,(H2,45,53)(H,46,48)(H,47,52). The van der Waals surface area contributed by atoms with Gasteiger partial charge in [0.25, 0.3) is 5.91 Å². The fourth-order valence-corrected chi connectivity index (χ4v) is 7.61. The number of rotatable bonds is 14. The molecule has 3 amide bonds. The molecule has 60 heavy (non-hydrogen) atoms. The molecule has 0 atom stereocenters. The monoisotopic (exact) mass is 839 g/mol. The van der Waals surface area contributed by atoms with Crippen LogP contribution in [0.4, 0.5) is 33.4 Å². The van der Waals surface area contributed by atoms with Crippen LogP contribution in [-0.4, -0.2) is 89.1 Å². The lowest BCUT2D eigenvalue weighted by Gasteiger charge is -2.42. The molecular formula is C44H53N7O8S. The third-order valence-electron chi connectivity index (χ3n) is 10.1. The Bertz CT molecular complexity index is 2510. The number of ether oxygens (including phenoxy) is 4. The first-order chi connectivity index (χ1) is 28.4. The maximum atomic E-state index is 13.4. The lowest BCUT2D eigenvalue weighted by atomic mass is 9.86. The summed E-state index contributed by atoms with van der Waals surface area (Å²) < 4.78 is 50.7. The zero-order valence-electron chi connectivity index (χ0n) is 35.2. The molecule has 1 aliphatic rings. The molecule has 15 nitrogen and oxygen atoms in total. The van der Waals surface area contributed by atoms with Crippen molar-refractivity contribution in [1.29, 1.82) is 0 Å². The molecule has 0 spiro atoms. The van der Waals surface area contributed by atoms with E-state index in [4.69, 9.17) is 24.7 Å². The Labute approximate surface area is 351 Å². The molecule has 5 aromatic rings. The topological polar surface area (TPSA) is 187 Å². The molecule has 1 aliphatic heterocycles. The van der Waals surface area contributed by atoms with E-state index in [-0.39, 0.29) is 28.6 Å². The third-order valence-corrected chi connectivity index (χ3v) is 10.7. The van der Waals surface area contributed by atoms with Crippen LogP contribution in [0.2, 0.25) is 0 Å². The van der Waals surface area contributed by atoms with Crippen molar-refractivity contribution in [2.45, 2.75) is 45.6 Å². The van der Waals surface area contributed by atoms with Crippen LogP contribution in [0.15, 0.2) is 85.1 Å². The SMILES string of the molecule is COc1cc(Nc2cc(Oc3ccc(N(C(N)=O)c4cc(C(C)(C)C)cc(NS(C)(=O)=O)c4OC)c4ccccc34)ccn2)cc(C(=O)NCCN2CCOCC2(C)C)c1. The van der Waals surface area contributed by atoms with Gasteiger partial charge < -0.3 is 35.3 Å². The summed E-state index contributed by atoms with van der Waals surface area (Å²) >= 11 is 0. The molecule has 1 saturated heterocycles. The number of fused-ring (bicyclic) bond motifs is 1. The minimum atomic E-state index is -3.72. The van der Waals surface area contributed by atoms with E-state index in [1.165, 1.54) is 12.0 Å². The Hall–Kier alpha value is -6.10.